The molecule has 1 fully saturated rings. The number of rotatable bonds is 0. The molecule has 1 aliphatic carbocycles. The summed E-state index contributed by atoms with van der Waals surface area (Å²) >= 11 is 0. The average Bonchev–Trinajstić information content (AvgIpc) is 2.11. The zero-order valence-electron chi connectivity index (χ0n) is 7.22. The molecule has 0 heterocycles. The third-order valence-corrected chi connectivity index (χ3v) is 2.59. The van der Waals surface area contributed by atoms with Crippen molar-refractivity contribution in [2.75, 3.05) is 0 Å². The topological polar surface area (TPSA) is 20.2 Å². The molecule has 0 aromatic heterocycles. The van der Waals surface area contributed by atoms with Gasteiger partial charge in [-0.05, 0) is 24.2 Å². The highest BCUT2D eigenvalue weighted by atomic mass is 16.3. The number of aliphatic hydroxyl groups excluding tert-OH is 1. The Labute approximate surface area is 63.4 Å². The molecule has 2 unspecified atom stereocenters. The molecular weight excluding hydrogens is 124 g/mol. The van der Waals surface area contributed by atoms with E-state index in [-0.39, 0.29) is 6.10 Å². The quantitative estimate of drug-likeness (QED) is 0.549. The standard InChI is InChI=1S/C9H18O/c1-9(2,3)7-5-4-6-8(7)10/h7-8,10H,4-6H2,1-3H3. The van der Waals surface area contributed by atoms with Crippen LogP contribution in [-0.2, 0) is 0 Å². The van der Waals surface area contributed by atoms with E-state index in [0.717, 1.165) is 6.42 Å². The van der Waals surface area contributed by atoms with Crippen LogP contribution in [-0.4, -0.2) is 11.2 Å². The van der Waals surface area contributed by atoms with Crippen LogP contribution in [0, 0.1) is 11.3 Å². The van der Waals surface area contributed by atoms with Crippen LogP contribution in [0.2, 0.25) is 0 Å². The third-order valence-electron chi connectivity index (χ3n) is 2.59. The Morgan fingerprint density at radius 1 is 1.20 bits per heavy atom. The second-order valence-electron chi connectivity index (χ2n) is 4.47. The molecule has 0 aliphatic heterocycles. The molecule has 1 heteroatoms. The van der Waals surface area contributed by atoms with Crippen molar-refractivity contribution in [3.8, 4) is 0 Å². The van der Waals surface area contributed by atoms with Crippen LogP contribution in [0.3, 0.4) is 0 Å². The number of hydrogen-bond donors (Lipinski definition) is 1. The van der Waals surface area contributed by atoms with Gasteiger partial charge in [0.2, 0.25) is 0 Å². The van der Waals surface area contributed by atoms with Gasteiger partial charge in [-0.1, -0.05) is 27.2 Å². The Balaban J connectivity index is 2.55. The fraction of sp³-hybridized carbons (Fsp3) is 1.00. The van der Waals surface area contributed by atoms with E-state index in [0.29, 0.717) is 11.3 Å². The zero-order chi connectivity index (χ0) is 7.78. The van der Waals surface area contributed by atoms with Gasteiger partial charge in [0.25, 0.3) is 0 Å². The predicted octanol–water partition coefficient (Wildman–Crippen LogP) is 2.19. The SMILES string of the molecule is CC(C)(C)C1CCCC1O. The lowest BCUT2D eigenvalue weighted by atomic mass is 9.79. The Morgan fingerprint density at radius 2 is 1.80 bits per heavy atom. The van der Waals surface area contributed by atoms with Gasteiger partial charge in [0.1, 0.15) is 0 Å². The second-order valence-corrected chi connectivity index (χ2v) is 4.47. The highest BCUT2D eigenvalue weighted by Crippen LogP contribution is 2.38. The maximum atomic E-state index is 9.52. The van der Waals surface area contributed by atoms with Crippen LogP contribution in [0.4, 0.5) is 0 Å². The van der Waals surface area contributed by atoms with Gasteiger partial charge in [-0.2, -0.15) is 0 Å². The Morgan fingerprint density at radius 3 is 2.00 bits per heavy atom. The summed E-state index contributed by atoms with van der Waals surface area (Å²) in [6, 6.07) is 0. The molecule has 1 nitrogen and oxygen atoms in total. The molecule has 0 amide bonds. The van der Waals surface area contributed by atoms with Crippen LogP contribution in [0.15, 0.2) is 0 Å². The fourth-order valence-electron chi connectivity index (χ4n) is 1.95. The minimum absolute atomic E-state index is 0.0278. The van der Waals surface area contributed by atoms with E-state index in [1.807, 2.05) is 0 Å². The third kappa shape index (κ3) is 1.51. The predicted molar refractivity (Wildman–Crippen MR) is 42.8 cm³/mol. The molecule has 2 atom stereocenters. The summed E-state index contributed by atoms with van der Waals surface area (Å²) in [5.41, 5.74) is 0.302. The smallest absolute Gasteiger partial charge is 0.0573 e. The molecule has 1 N–H and O–H groups in total. The summed E-state index contributed by atoms with van der Waals surface area (Å²) in [6.45, 7) is 6.64. The van der Waals surface area contributed by atoms with E-state index in [1.54, 1.807) is 0 Å². The van der Waals surface area contributed by atoms with Crippen molar-refractivity contribution in [3.63, 3.8) is 0 Å². The van der Waals surface area contributed by atoms with Gasteiger partial charge in [0.05, 0.1) is 6.10 Å². The Bertz CT molecular complexity index is 112. The minimum Gasteiger partial charge on any atom is -0.393 e. The first-order chi connectivity index (χ1) is 4.52. The first kappa shape index (κ1) is 8.06. The molecule has 1 aliphatic rings. The average molecular weight is 142 g/mol. The first-order valence-corrected chi connectivity index (χ1v) is 4.20. The zero-order valence-corrected chi connectivity index (χ0v) is 7.22. The van der Waals surface area contributed by atoms with E-state index in [9.17, 15) is 5.11 Å². The number of hydrogen-bond acceptors (Lipinski definition) is 1. The Hall–Kier alpha value is -0.0400. The molecule has 0 aromatic rings. The van der Waals surface area contributed by atoms with Crippen LogP contribution >= 0.6 is 0 Å². The summed E-state index contributed by atoms with van der Waals surface area (Å²) in [6.07, 6.45) is 3.41. The van der Waals surface area contributed by atoms with Gasteiger partial charge in [0.15, 0.2) is 0 Å². The van der Waals surface area contributed by atoms with Crippen LogP contribution < -0.4 is 0 Å². The van der Waals surface area contributed by atoms with E-state index in [1.165, 1.54) is 12.8 Å². The molecule has 0 radical (unpaired) electrons. The normalized spacial score (nSPS) is 34.8. The maximum absolute atomic E-state index is 9.52. The highest BCUT2D eigenvalue weighted by molar-refractivity contribution is 4.85. The van der Waals surface area contributed by atoms with Crippen molar-refractivity contribution in [3.05, 3.63) is 0 Å². The lowest BCUT2D eigenvalue weighted by molar-refractivity contribution is 0.0684. The Kier molecular flexibility index (Phi) is 2.04. The monoisotopic (exact) mass is 142 g/mol. The van der Waals surface area contributed by atoms with Gasteiger partial charge < -0.3 is 5.11 Å². The van der Waals surface area contributed by atoms with Crippen molar-refractivity contribution < 1.29 is 5.11 Å². The van der Waals surface area contributed by atoms with Crippen molar-refractivity contribution in [1.29, 1.82) is 0 Å². The summed E-state index contributed by atoms with van der Waals surface area (Å²) < 4.78 is 0. The van der Waals surface area contributed by atoms with Gasteiger partial charge >= 0.3 is 0 Å². The lowest BCUT2D eigenvalue weighted by Crippen LogP contribution is -2.27. The lowest BCUT2D eigenvalue weighted by Gasteiger charge is -2.29. The molecule has 0 saturated heterocycles. The fourth-order valence-corrected chi connectivity index (χ4v) is 1.95. The molecular formula is C9H18O. The summed E-state index contributed by atoms with van der Waals surface area (Å²) in [4.78, 5) is 0. The maximum Gasteiger partial charge on any atom is 0.0573 e. The van der Waals surface area contributed by atoms with Crippen molar-refractivity contribution in [2.24, 2.45) is 11.3 Å². The van der Waals surface area contributed by atoms with Crippen LogP contribution in [0.5, 0.6) is 0 Å². The van der Waals surface area contributed by atoms with Crippen molar-refractivity contribution in [2.45, 2.75) is 46.1 Å². The van der Waals surface area contributed by atoms with E-state index in [4.69, 9.17) is 0 Å². The molecule has 0 spiro atoms. The molecule has 0 aromatic carbocycles. The van der Waals surface area contributed by atoms with E-state index in [2.05, 4.69) is 20.8 Å². The largest absolute Gasteiger partial charge is 0.393 e. The van der Waals surface area contributed by atoms with Gasteiger partial charge in [0, 0.05) is 0 Å². The van der Waals surface area contributed by atoms with Crippen LogP contribution in [0.1, 0.15) is 40.0 Å². The summed E-state index contributed by atoms with van der Waals surface area (Å²) in [7, 11) is 0. The van der Waals surface area contributed by atoms with Gasteiger partial charge in [-0.3, -0.25) is 0 Å². The van der Waals surface area contributed by atoms with Gasteiger partial charge in [-0.25, -0.2) is 0 Å². The summed E-state index contributed by atoms with van der Waals surface area (Å²) in [5, 5.41) is 9.52. The van der Waals surface area contributed by atoms with Crippen LogP contribution in [0.25, 0.3) is 0 Å². The number of aliphatic hydroxyl groups is 1. The van der Waals surface area contributed by atoms with Crippen molar-refractivity contribution >= 4 is 0 Å². The molecule has 1 rings (SSSR count). The highest BCUT2D eigenvalue weighted by Gasteiger charge is 2.34. The van der Waals surface area contributed by atoms with Gasteiger partial charge in [-0.15, -0.1) is 0 Å². The summed E-state index contributed by atoms with van der Waals surface area (Å²) in [5.74, 6) is 0.535. The minimum atomic E-state index is -0.0278. The molecule has 1 saturated carbocycles. The second kappa shape index (κ2) is 2.54. The molecule has 60 valence electrons. The van der Waals surface area contributed by atoms with E-state index < -0.39 is 0 Å². The first-order valence-electron chi connectivity index (χ1n) is 4.20. The molecule has 10 heavy (non-hydrogen) atoms. The van der Waals surface area contributed by atoms with E-state index >= 15 is 0 Å². The van der Waals surface area contributed by atoms with Crippen molar-refractivity contribution in [1.82, 2.24) is 0 Å². The molecule has 0 bridgehead atoms.